The van der Waals surface area contributed by atoms with Crippen LogP contribution in [-0.2, 0) is 14.1 Å². The quantitative estimate of drug-likeness (QED) is 0.443. The molecule has 1 saturated heterocycles. The molecule has 1 rings (SSSR count). The first-order valence-corrected chi connectivity index (χ1v) is 7.62. The Balaban J connectivity index is 3.13. The smallest absolute Gasteiger partial charge is 0.398 e. The first-order chi connectivity index (χ1) is 9.50. The van der Waals surface area contributed by atoms with Gasteiger partial charge in [0, 0.05) is 6.04 Å². The van der Waals surface area contributed by atoms with Gasteiger partial charge in [0.2, 0.25) is 0 Å². The monoisotopic (exact) mass is 293 g/mol. The van der Waals surface area contributed by atoms with E-state index in [0.29, 0.717) is 11.2 Å². The number of Topliss-reactive ketones (excluding diaryl/α,β-unsaturated/α-hetero) is 1. The molecule has 0 aromatic carbocycles. The van der Waals surface area contributed by atoms with E-state index in [4.69, 9.17) is 9.31 Å². The lowest BCUT2D eigenvalue weighted by molar-refractivity contribution is -0.113. The molecule has 0 spiro atoms. The molecule has 0 amide bonds. The number of allylic oxidation sites excluding steroid dienone is 2. The molecule has 1 fully saturated rings. The van der Waals surface area contributed by atoms with Crippen LogP contribution in [0.2, 0.25) is 0 Å². The normalized spacial score (nSPS) is 23.3. The zero-order valence-electron chi connectivity index (χ0n) is 14.6. The molecule has 0 bridgehead atoms. The Morgan fingerprint density at radius 3 is 2.05 bits per heavy atom. The van der Waals surface area contributed by atoms with E-state index in [1.54, 1.807) is 19.9 Å². The summed E-state index contributed by atoms with van der Waals surface area (Å²) < 4.78 is 12.1. The van der Waals surface area contributed by atoms with Crippen molar-refractivity contribution in [2.45, 2.75) is 79.1 Å². The molecule has 1 aliphatic heterocycles. The van der Waals surface area contributed by atoms with Crippen LogP contribution in [0, 0.1) is 0 Å². The topological polar surface area (TPSA) is 47.9 Å². The van der Waals surface area contributed by atoms with Gasteiger partial charge in [0.05, 0.1) is 16.8 Å². The molecule has 1 aliphatic rings. The van der Waals surface area contributed by atoms with Crippen molar-refractivity contribution in [2.24, 2.45) is 4.99 Å². The second-order valence-electron chi connectivity index (χ2n) is 6.78. The van der Waals surface area contributed by atoms with Crippen molar-refractivity contribution in [3.8, 4) is 0 Å². The third kappa shape index (κ3) is 4.27. The molecular weight excluding hydrogens is 265 g/mol. The Bertz CT molecular complexity index is 450. The summed E-state index contributed by atoms with van der Waals surface area (Å²) in [5, 5.41) is 0. The lowest BCUT2D eigenvalue weighted by Crippen LogP contribution is -2.41. The maximum atomic E-state index is 11.5. The minimum atomic E-state index is -0.529. The first kappa shape index (κ1) is 18.1. The molecule has 1 heterocycles. The minimum Gasteiger partial charge on any atom is -0.398 e. The van der Waals surface area contributed by atoms with Crippen molar-refractivity contribution in [1.82, 2.24) is 0 Å². The van der Waals surface area contributed by atoms with E-state index in [1.807, 2.05) is 34.6 Å². The summed E-state index contributed by atoms with van der Waals surface area (Å²) in [5.41, 5.74) is 0.528. The van der Waals surface area contributed by atoms with Gasteiger partial charge in [-0.1, -0.05) is 6.92 Å². The summed E-state index contributed by atoms with van der Waals surface area (Å²) in [7, 11) is -0.529. The standard InChI is InChI=1S/C16H28BNO3/c1-9-12(3)18-14(10-11(2)13(4)19)17-20-15(5,6)16(7,8)21-17/h10,12H,9H2,1-8H3/b11-10+,18-14?. The number of nitrogens with zero attached hydrogens (tertiary/aromatic N) is 1. The fraction of sp³-hybridized carbons (Fsp3) is 0.750. The fourth-order valence-corrected chi connectivity index (χ4v) is 1.80. The van der Waals surface area contributed by atoms with Crippen LogP contribution in [0.5, 0.6) is 0 Å². The van der Waals surface area contributed by atoms with Gasteiger partial charge in [0.25, 0.3) is 0 Å². The van der Waals surface area contributed by atoms with Crippen molar-refractivity contribution < 1.29 is 14.1 Å². The SMILES string of the molecule is CCC(C)N=C(/C=C(\C)C(C)=O)B1OC(C)(C)C(C)(C)O1. The predicted octanol–water partition coefficient (Wildman–Crippen LogP) is 3.39. The third-order valence-corrected chi connectivity index (χ3v) is 4.37. The summed E-state index contributed by atoms with van der Waals surface area (Å²) in [6, 6.07) is 0.162. The van der Waals surface area contributed by atoms with Gasteiger partial charge in [-0.05, 0) is 66.5 Å². The van der Waals surface area contributed by atoms with Gasteiger partial charge in [0.15, 0.2) is 5.78 Å². The summed E-state index contributed by atoms with van der Waals surface area (Å²) in [6.45, 7) is 15.5. The molecule has 0 aliphatic carbocycles. The van der Waals surface area contributed by atoms with Crippen LogP contribution in [0.1, 0.15) is 61.8 Å². The average Bonchev–Trinajstić information content (AvgIpc) is 2.57. The van der Waals surface area contributed by atoms with Gasteiger partial charge >= 0.3 is 7.12 Å². The Morgan fingerprint density at radius 2 is 1.67 bits per heavy atom. The lowest BCUT2D eigenvalue weighted by Gasteiger charge is -2.32. The largest absolute Gasteiger partial charge is 0.514 e. The highest BCUT2D eigenvalue weighted by atomic mass is 16.7. The summed E-state index contributed by atoms with van der Waals surface area (Å²) in [5.74, 6) is 0.0309. The molecule has 0 aromatic heterocycles. The molecule has 118 valence electrons. The van der Waals surface area contributed by atoms with Crippen LogP contribution < -0.4 is 0 Å². The third-order valence-electron chi connectivity index (χ3n) is 4.37. The second-order valence-corrected chi connectivity index (χ2v) is 6.78. The molecule has 1 atom stereocenters. The first-order valence-electron chi connectivity index (χ1n) is 7.62. The number of carbonyl (C=O) groups is 1. The van der Waals surface area contributed by atoms with E-state index in [1.165, 1.54) is 0 Å². The Hall–Kier alpha value is -0.935. The van der Waals surface area contributed by atoms with Crippen molar-refractivity contribution in [1.29, 1.82) is 0 Å². The van der Waals surface area contributed by atoms with Gasteiger partial charge in [-0.2, -0.15) is 0 Å². The van der Waals surface area contributed by atoms with E-state index in [2.05, 4.69) is 11.9 Å². The van der Waals surface area contributed by atoms with Gasteiger partial charge in [-0.15, -0.1) is 0 Å². The predicted molar refractivity (Wildman–Crippen MR) is 87.7 cm³/mol. The van der Waals surface area contributed by atoms with Gasteiger partial charge in [-0.25, -0.2) is 0 Å². The van der Waals surface area contributed by atoms with Crippen LogP contribution in [0.4, 0.5) is 0 Å². The van der Waals surface area contributed by atoms with E-state index in [-0.39, 0.29) is 11.8 Å². The number of aliphatic imine (C=N–C) groups is 1. The molecule has 21 heavy (non-hydrogen) atoms. The molecule has 0 N–H and O–H groups in total. The van der Waals surface area contributed by atoms with Crippen molar-refractivity contribution >= 4 is 18.5 Å². The molecule has 1 unspecified atom stereocenters. The number of hydrogen-bond donors (Lipinski definition) is 0. The van der Waals surface area contributed by atoms with Crippen molar-refractivity contribution in [3.05, 3.63) is 11.6 Å². The van der Waals surface area contributed by atoms with Crippen LogP contribution in [0.25, 0.3) is 0 Å². The second kappa shape index (κ2) is 6.45. The van der Waals surface area contributed by atoms with E-state index < -0.39 is 18.3 Å². The number of rotatable bonds is 5. The summed E-state index contributed by atoms with van der Waals surface area (Å²) in [4.78, 5) is 16.2. The Kier molecular flexibility index (Phi) is 5.56. The molecule has 4 nitrogen and oxygen atoms in total. The van der Waals surface area contributed by atoms with Gasteiger partial charge in [-0.3, -0.25) is 9.79 Å². The zero-order chi connectivity index (χ0) is 16.4. The lowest BCUT2D eigenvalue weighted by atomic mass is 9.80. The van der Waals surface area contributed by atoms with E-state index in [0.717, 1.165) is 6.42 Å². The highest BCUT2D eigenvalue weighted by molar-refractivity contribution is 6.84. The van der Waals surface area contributed by atoms with Gasteiger partial charge < -0.3 is 9.31 Å². The molecular formula is C16H28BNO3. The number of hydrogen-bond acceptors (Lipinski definition) is 4. The fourth-order valence-electron chi connectivity index (χ4n) is 1.80. The summed E-state index contributed by atoms with van der Waals surface area (Å²) >= 11 is 0. The summed E-state index contributed by atoms with van der Waals surface area (Å²) in [6.07, 6.45) is 2.71. The molecule has 0 aromatic rings. The molecule has 0 radical (unpaired) electrons. The Morgan fingerprint density at radius 1 is 1.19 bits per heavy atom. The highest BCUT2D eigenvalue weighted by Crippen LogP contribution is 2.37. The number of ketones is 1. The highest BCUT2D eigenvalue weighted by Gasteiger charge is 2.52. The van der Waals surface area contributed by atoms with Crippen LogP contribution >= 0.6 is 0 Å². The van der Waals surface area contributed by atoms with Crippen LogP contribution in [0.15, 0.2) is 16.6 Å². The molecule has 0 saturated carbocycles. The maximum absolute atomic E-state index is 11.5. The van der Waals surface area contributed by atoms with Crippen LogP contribution in [0.3, 0.4) is 0 Å². The van der Waals surface area contributed by atoms with Crippen LogP contribution in [-0.4, -0.2) is 35.8 Å². The van der Waals surface area contributed by atoms with Crippen molar-refractivity contribution in [2.75, 3.05) is 0 Å². The zero-order valence-corrected chi connectivity index (χ0v) is 14.6. The van der Waals surface area contributed by atoms with Gasteiger partial charge in [0.1, 0.15) is 0 Å². The van der Waals surface area contributed by atoms with E-state index in [9.17, 15) is 4.79 Å². The minimum absolute atomic E-state index is 0.0309. The maximum Gasteiger partial charge on any atom is 0.514 e. The Labute approximate surface area is 129 Å². The average molecular weight is 293 g/mol. The molecule has 5 heteroatoms. The van der Waals surface area contributed by atoms with E-state index >= 15 is 0 Å². The van der Waals surface area contributed by atoms with Crippen molar-refractivity contribution in [3.63, 3.8) is 0 Å². The number of carbonyl (C=O) groups excluding carboxylic acids is 1.